The minimum absolute atomic E-state index is 0.0926. The van der Waals surface area contributed by atoms with Gasteiger partial charge in [-0.25, -0.2) is 0 Å². The molecular formula is C7H17NO. The second-order valence-electron chi connectivity index (χ2n) is 1.73. The summed E-state index contributed by atoms with van der Waals surface area (Å²) in [5, 5.41) is 2.48. The molecular weight excluding hydrogens is 114 g/mol. The summed E-state index contributed by atoms with van der Waals surface area (Å²) in [4.78, 5) is 10.1. The lowest BCUT2D eigenvalue weighted by atomic mass is 10.5. The van der Waals surface area contributed by atoms with Gasteiger partial charge in [0.25, 0.3) is 0 Å². The first kappa shape index (κ1) is 11.3. The van der Waals surface area contributed by atoms with E-state index >= 15 is 0 Å². The molecule has 0 rings (SSSR count). The lowest BCUT2D eigenvalue weighted by molar-refractivity contribution is -0.120. The second-order valence-corrected chi connectivity index (χ2v) is 1.73. The summed E-state index contributed by atoms with van der Waals surface area (Å²) < 4.78 is 0. The van der Waals surface area contributed by atoms with E-state index in [1.54, 1.807) is 7.05 Å². The highest BCUT2D eigenvalue weighted by atomic mass is 16.1. The Bertz CT molecular complexity index is 55.9. The van der Waals surface area contributed by atoms with Crippen LogP contribution in [0.5, 0.6) is 0 Å². The first-order valence-electron chi connectivity index (χ1n) is 3.43. The molecule has 56 valence electrons. The third-order valence-corrected chi connectivity index (χ3v) is 0.600. The van der Waals surface area contributed by atoms with Crippen molar-refractivity contribution >= 4 is 5.91 Å². The number of carbonyl (C=O) groups is 1. The van der Waals surface area contributed by atoms with Crippen LogP contribution in [0.1, 0.15) is 33.6 Å². The normalized spacial score (nSPS) is 7.11. The Morgan fingerprint density at radius 3 is 1.67 bits per heavy atom. The van der Waals surface area contributed by atoms with Crippen LogP contribution >= 0.6 is 0 Å². The third kappa shape index (κ3) is 18.6. The summed E-state index contributed by atoms with van der Waals surface area (Å²) in [5.41, 5.74) is 0. The van der Waals surface area contributed by atoms with E-state index in [1.165, 1.54) is 6.42 Å². The van der Waals surface area contributed by atoms with Crippen LogP contribution < -0.4 is 5.32 Å². The van der Waals surface area contributed by atoms with E-state index < -0.39 is 0 Å². The highest BCUT2D eigenvalue weighted by Crippen LogP contribution is 1.68. The Kier molecular flexibility index (Phi) is 13.1. The zero-order valence-corrected chi connectivity index (χ0v) is 6.82. The van der Waals surface area contributed by atoms with Crippen molar-refractivity contribution in [1.29, 1.82) is 0 Å². The monoisotopic (exact) mass is 131 g/mol. The molecule has 0 saturated carbocycles. The van der Waals surface area contributed by atoms with E-state index in [2.05, 4.69) is 19.2 Å². The van der Waals surface area contributed by atoms with Gasteiger partial charge >= 0.3 is 0 Å². The van der Waals surface area contributed by atoms with Crippen LogP contribution in [0.3, 0.4) is 0 Å². The molecule has 0 fully saturated rings. The van der Waals surface area contributed by atoms with Gasteiger partial charge in [0, 0.05) is 13.5 Å². The molecule has 9 heavy (non-hydrogen) atoms. The second kappa shape index (κ2) is 10.5. The van der Waals surface area contributed by atoms with Crippen molar-refractivity contribution in [2.45, 2.75) is 33.6 Å². The summed E-state index contributed by atoms with van der Waals surface area (Å²) in [5.74, 6) is 0.0926. The van der Waals surface area contributed by atoms with E-state index in [1.807, 2.05) is 6.92 Å². The maximum absolute atomic E-state index is 10.1. The van der Waals surface area contributed by atoms with Crippen molar-refractivity contribution < 1.29 is 4.79 Å². The quantitative estimate of drug-likeness (QED) is 0.575. The molecule has 2 nitrogen and oxygen atoms in total. The molecule has 2 heteroatoms. The standard InChI is InChI=1S/C4H9NO.C3H8/c1-3-4(6)5-2;1-3-2/h3H2,1-2H3,(H,5,6);3H2,1-2H3. The van der Waals surface area contributed by atoms with Crippen LogP contribution in [0.15, 0.2) is 0 Å². The van der Waals surface area contributed by atoms with Crippen molar-refractivity contribution in [2.24, 2.45) is 0 Å². The molecule has 0 aliphatic heterocycles. The fourth-order valence-corrected chi connectivity index (χ4v) is 0.177. The molecule has 0 aliphatic rings. The SMILES string of the molecule is CCC.CCC(=O)NC. The van der Waals surface area contributed by atoms with Crippen LogP contribution in [0.4, 0.5) is 0 Å². The molecule has 0 aromatic heterocycles. The number of rotatable bonds is 1. The van der Waals surface area contributed by atoms with E-state index in [0.29, 0.717) is 6.42 Å². The molecule has 0 aliphatic carbocycles. The van der Waals surface area contributed by atoms with Crippen molar-refractivity contribution in [1.82, 2.24) is 5.32 Å². The number of hydrogen-bond acceptors (Lipinski definition) is 1. The van der Waals surface area contributed by atoms with Crippen molar-refractivity contribution in [2.75, 3.05) is 7.05 Å². The number of carbonyl (C=O) groups excluding carboxylic acids is 1. The minimum atomic E-state index is 0.0926. The molecule has 1 amide bonds. The van der Waals surface area contributed by atoms with Crippen molar-refractivity contribution in [3.8, 4) is 0 Å². The summed E-state index contributed by atoms with van der Waals surface area (Å²) in [6.07, 6.45) is 1.83. The van der Waals surface area contributed by atoms with Gasteiger partial charge < -0.3 is 5.32 Å². The van der Waals surface area contributed by atoms with Crippen molar-refractivity contribution in [3.63, 3.8) is 0 Å². The largest absolute Gasteiger partial charge is 0.359 e. The van der Waals surface area contributed by atoms with Crippen LogP contribution in [-0.4, -0.2) is 13.0 Å². The molecule has 0 atom stereocenters. The average molecular weight is 131 g/mol. The molecule has 0 radical (unpaired) electrons. The van der Waals surface area contributed by atoms with Gasteiger partial charge in [0.2, 0.25) is 5.91 Å². The van der Waals surface area contributed by atoms with Crippen LogP contribution in [0, 0.1) is 0 Å². The van der Waals surface area contributed by atoms with Gasteiger partial charge in [-0.05, 0) is 0 Å². The van der Waals surface area contributed by atoms with Crippen LogP contribution in [0.25, 0.3) is 0 Å². The molecule has 0 spiro atoms. The topological polar surface area (TPSA) is 29.1 Å². The van der Waals surface area contributed by atoms with Crippen molar-refractivity contribution in [3.05, 3.63) is 0 Å². The highest BCUT2D eigenvalue weighted by molar-refractivity contribution is 5.74. The Hall–Kier alpha value is -0.530. The van der Waals surface area contributed by atoms with Crippen LogP contribution in [-0.2, 0) is 4.79 Å². The fourth-order valence-electron chi connectivity index (χ4n) is 0.177. The van der Waals surface area contributed by atoms with E-state index in [-0.39, 0.29) is 5.91 Å². The summed E-state index contributed by atoms with van der Waals surface area (Å²) in [6.45, 7) is 6.07. The van der Waals surface area contributed by atoms with Gasteiger partial charge in [-0.15, -0.1) is 0 Å². The molecule has 0 heterocycles. The average Bonchev–Trinajstić information content (AvgIpc) is 1.88. The van der Waals surface area contributed by atoms with E-state index in [0.717, 1.165) is 0 Å². The highest BCUT2D eigenvalue weighted by Gasteiger charge is 1.84. The number of amides is 1. The summed E-state index contributed by atoms with van der Waals surface area (Å²) in [7, 11) is 1.63. The molecule has 0 saturated heterocycles. The Balaban J connectivity index is 0. The maximum Gasteiger partial charge on any atom is 0.219 e. The molecule has 0 aromatic rings. The smallest absolute Gasteiger partial charge is 0.219 e. The number of hydrogen-bond donors (Lipinski definition) is 1. The van der Waals surface area contributed by atoms with Crippen LogP contribution in [0.2, 0.25) is 0 Å². The minimum Gasteiger partial charge on any atom is -0.359 e. The van der Waals surface area contributed by atoms with Gasteiger partial charge in [-0.2, -0.15) is 0 Å². The Labute approximate surface area is 57.6 Å². The van der Waals surface area contributed by atoms with Gasteiger partial charge in [0.1, 0.15) is 0 Å². The fraction of sp³-hybridized carbons (Fsp3) is 0.857. The number of nitrogens with one attached hydrogen (secondary N) is 1. The molecule has 1 N–H and O–H groups in total. The van der Waals surface area contributed by atoms with E-state index in [9.17, 15) is 4.79 Å². The van der Waals surface area contributed by atoms with Gasteiger partial charge in [0.15, 0.2) is 0 Å². The van der Waals surface area contributed by atoms with Gasteiger partial charge in [-0.1, -0.05) is 27.2 Å². The predicted molar refractivity (Wildman–Crippen MR) is 40.3 cm³/mol. The molecule has 0 unspecified atom stereocenters. The predicted octanol–water partition coefficient (Wildman–Crippen LogP) is 1.56. The zero-order chi connectivity index (χ0) is 7.70. The third-order valence-electron chi connectivity index (χ3n) is 0.600. The first-order valence-corrected chi connectivity index (χ1v) is 3.43. The first-order chi connectivity index (χ1) is 4.22. The maximum atomic E-state index is 10.1. The van der Waals surface area contributed by atoms with Gasteiger partial charge in [0.05, 0.1) is 0 Å². The zero-order valence-electron chi connectivity index (χ0n) is 6.82. The summed E-state index contributed by atoms with van der Waals surface area (Å²) in [6, 6.07) is 0. The molecule has 0 aromatic carbocycles. The van der Waals surface area contributed by atoms with E-state index in [4.69, 9.17) is 0 Å². The Morgan fingerprint density at radius 2 is 1.67 bits per heavy atom. The Morgan fingerprint density at radius 1 is 1.33 bits per heavy atom. The lowest BCUT2D eigenvalue weighted by Crippen LogP contribution is -2.15. The molecule has 0 bridgehead atoms. The van der Waals surface area contributed by atoms with Gasteiger partial charge in [-0.3, -0.25) is 4.79 Å². The summed E-state index contributed by atoms with van der Waals surface area (Å²) >= 11 is 0. The lowest BCUT2D eigenvalue weighted by Gasteiger charge is -1.87.